The van der Waals surface area contributed by atoms with E-state index in [1.165, 1.54) is 6.42 Å². The van der Waals surface area contributed by atoms with E-state index in [9.17, 15) is 4.79 Å². The van der Waals surface area contributed by atoms with E-state index in [4.69, 9.17) is 9.72 Å². The van der Waals surface area contributed by atoms with Crippen LogP contribution < -0.4 is 10.1 Å². The predicted octanol–water partition coefficient (Wildman–Crippen LogP) is 2.15. The standard InChI is InChI=1S/C20H24N4O2/c1-26-17-6-2-4-14(10-17)20(25)24-9-7-18-16(13-24)12-22-19(23-18)15-5-3-8-21-11-15/h2,4,6,10,12,15,21H,3,5,7-9,11,13H2,1H3. The van der Waals surface area contributed by atoms with Gasteiger partial charge in [-0.2, -0.15) is 0 Å². The molecule has 0 saturated carbocycles. The summed E-state index contributed by atoms with van der Waals surface area (Å²) in [5, 5.41) is 3.42. The largest absolute Gasteiger partial charge is 0.497 e. The minimum Gasteiger partial charge on any atom is -0.497 e. The maximum atomic E-state index is 12.8. The Morgan fingerprint density at radius 2 is 2.31 bits per heavy atom. The van der Waals surface area contributed by atoms with E-state index < -0.39 is 0 Å². The number of nitrogens with zero attached hydrogens (tertiary/aromatic N) is 3. The molecule has 2 aromatic rings. The molecule has 1 N–H and O–H groups in total. The molecule has 1 aromatic heterocycles. The minimum absolute atomic E-state index is 0.0232. The molecule has 136 valence electrons. The third kappa shape index (κ3) is 3.42. The number of aromatic nitrogens is 2. The highest BCUT2D eigenvalue weighted by Gasteiger charge is 2.25. The number of methoxy groups -OCH3 is 1. The van der Waals surface area contributed by atoms with E-state index in [-0.39, 0.29) is 5.91 Å². The Balaban J connectivity index is 1.49. The first-order chi connectivity index (χ1) is 12.7. The lowest BCUT2D eigenvalue weighted by Crippen LogP contribution is -2.37. The predicted molar refractivity (Wildman–Crippen MR) is 98.3 cm³/mol. The number of ether oxygens (including phenoxy) is 1. The lowest BCUT2D eigenvalue weighted by atomic mass is 9.98. The third-order valence-electron chi connectivity index (χ3n) is 5.22. The summed E-state index contributed by atoms with van der Waals surface area (Å²) >= 11 is 0. The smallest absolute Gasteiger partial charge is 0.254 e. The van der Waals surface area contributed by atoms with Gasteiger partial charge in [0, 0.05) is 49.3 Å². The normalized spacial score (nSPS) is 19.7. The van der Waals surface area contributed by atoms with Crippen molar-refractivity contribution in [3.05, 3.63) is 53.1 Å². The van der Waals surface area contributed by atoms with Gasteiger partial charge in [-0.15, -0.1) is 0 Å². The molecule has 26 heavy (non-hydrogen) atoms. The van der Waals surface area contributed by atoms with Crippen molar-refractivity contribution in [3.63, 3.8) is 0 Å². The average Bonchev–Trinajstić information content (AvgIpc) is 2.73. The van der Waals surface area contributed by atoms with Gasteiger partial charge >= 0.3 is 0 Å². The highest BCUT2D eigenvalue weighted by atomic mass is 16.5. The Morgan fingerprint density at radius 3 is 3.12 bits per heavy atom. The number of hydrogen-bond donors (Lipinski definition) is 1. The van der Waals surface area contributed by atoms with Crippen LogP contribution in [0.3, 0.4) is 0 Å². The second-order valence-corrected chi connectivity index (χ2v) is 6.95. The van der Waals surface area contributed by atoms with E-state index >= 15 is 0 Å². The Morgan fingerprint density at radius 1 is 1.38 bits per heavy atom. The summed E-state index contributed by atoms with van der Waals surface area (Å²) in [5.74, 6) is 2.08. The maximum Gasteiger partial charge on any atom is 0.254 e. The van der Waals surface area contributed by atoms with Crippen LogP contribution in [0.1, 0.15) is 46.2 Å². The van der Waals surface area contributed by atoms with Crippen molar-refractivity contribution < 1.29 is 9.53 Å². The summed E-state index contributed by atoms with van der Waals surface area (Å²) < 4.78 is 5.22. The molecule has 1 fully saturated rings. The summed E-state index contributed by atoms with van der Waals surface area (Å²) in [6.45, 7) is 3.29. The van der Waals surface area contributed by atoms with Gasteiger partial charge in [-0.1, -0.05) is 6.07 Å². The van der Waals surface area contributed by atoms with Gasteiger partial charge in [-0.3, -0.25) is 4.79 Å². The second kappa shape index (κ2) is 7.41. The Labute approximate surface area is 153 Å². The number of carbonyl (C=O) groups is 1. The number of carbonyl (C=O) groups excluding carboxylic acids is 1. The number of amides is 1. The van der Waals surface area contributed by atoms with E-state index in [1.54, 1.807) is 13.2 Å². The molecule has 1 saturated heterocycles. The van der Waals surface area contributed by atoms with Crippen molar-refractivity contribution >= 4 is 5.91 Å². The fraction of sp³-hybridized carbons (Fsp3) is 0.450. The second-order valence-electron chi connectivity index (χ2n) is 6.95. The van der Waals surface area contributed by atoms with E-state index in [0.717, 1.165) is 43.0 Å². The van der Waals surface area contributed by atoms with Crippen molar-refractivity contribution in [1.29, 1.82) is 0 Å². The molecule has 0 aliphatic carbocycles. The van der Waals surface area contributed by atoms with Gasteiger partial charge in [0.05, 0.1) is 12.8 Å². The van der Waals surface area contributed by atoms with Crippen LogP contribution in [-0.4, -0.2) is 47.5 Å². The molecule has 2 aliphatic heterocycles. The monoisotopic (exact) mass is 352 g/mol. The van der Waals surface area contributed by atoms with Crippen LogP contribution >= 0.6 is 0 Å². The molecule has 0 spiro atoms. The van der Waals surface area contributed by atoms with Gasteiger partial charge in [-0.25, -0.2) is 9.97 Å². The number of piperidine rings is 1. The molecule has 1 amide bonds. The number of hydrogen-bond acceptors (Lipinski definition) is 5. The highest BCUT2D eigenvalue weighted by molar-refractivity contribution is 5.94. The van der Waals surface area contributed by atoms with Crippen LogP contribution in [0.4, 0.5) is 0 Å². The summed E-state index contributed by atoms with van der Waals surface area (Å²) in [4.78, 5) is 24.1. The van der Waals surface area contributed by atoms with Crippen molar-refractivity contribution in [3.8, 4) is 5.75 Å². The number of benzene rings is 1. The van der Waals surface area contributed by atoms with Crippen molar-refractivity contribution in [2.24, 2.45) is 0 Å². The Hall–Kier alpha value is -2.47. The zero-order valence-corrected chi connectivity index (χ0v) is 15.1. The van der Waals surface area contributed by atoms with Crippen LogP contribution in [0.5, 0.6) is 5.75 Å². The van der Waals surface area contributed by atoms with Crippen LogP contribution in [0, 0.1) is 0 Å². The molecular formula is C20H24N4O2. The number of nitrogens with one attached hydrogen (secondary N) is 1. The SMILES string of the molecule is COc1cccc(C(=O)N2CCc3nc(C4CCCNC4)ncc3C2)c1. The third-order valence-corrected chi connectivity index (χ3v) is 5.22. The number of fused-ring (bicyclic) bond motifs is 1. The van der Waals surface area contributed by atoms with E-state index in [1.807, 2.05) is 29.3 Å². The molecule has 6 nitrogen and oxygen atoms in total. The van der Waals surface area contributed by atoms with E-state index in [2.05, 4.69) is 10.3 Å². The summed E-state index contributed by atoms with van der Waals surface area (Å²) in [7, 11) is 1.61. The summed E-state index contributed by atoms with van der Waals surface area (Å²) in [6.07, 6.45) is 5.01. The average molecular weight is 352 g/mol. The first kappa shape index (κ1) is 17.0. The quantitative estimate of drug-likeness (QED) is 0.917. The number of rotatable bonds is 3. The first-order valence-corrected chi connectivity index (χ1v) is 9.23. The molecule has 0 radical (unpaired) electrons. The van der Waals surface area contributed by atoms with Crippen LogP contribution in [0.25, 0.3) is 0 Å². The molecule has 1 unspecified atom stereocenters. The minimum atomic E-state index is 0.0232. The van der Waals surface area contributed by atoms with Crippen molar-refractivity contribution in [1.82, 2.24) is 20.2 Å². The lowest BCUT2D eigenvalue weighted by molar-refractivity contribution is 0.0732. The zero-order chi connectivity index (χ0) is 17.9. The Kier molecular flexibility index (Phi) is 4.84. The fourth-order valence-electron chi connectivity index (χ4n) is 3.71. The van der Waals surface area contributed by atoms with Crippen LogP contribution in [0.15, 0.2) is 30.5 Å². The lowest BCUT2D eigenvalue weighted by Gasteiger charge is -2.29. The van der Waals surface area contributed by atoms with E-state index in [0.29, 0.717) is 30.3 Å². The molecule has 0 bridgehead atoms. The Bertz CT molecular complexity index is 802. The van der Waals surface area contributed by atoms with Crippen molar-refractivity contribution in [2.75, 3.05) is 26.7 Å². The zero-order valence-electron chi connectivity index (χ0n) is 15.1. The topological polar surface area (TPSA) is 67.3 Å². The van der Waals surface area contributed by atoms with Crippen molar-refractivity contribution in [2.45, 2.75) is 31.7 Å². The molecule has 1 atom stereocenters. The van der Waals surface area contributed by atoms with Gasteiger partial charge in [0.15, 0.2) is 0 Å². The molecule has 1 aromatic carbocycles. The first-order valence-electron chi connectivity index (χ1n) is 9.23. The van der Waals surface area contributed by atoms with Gasteiger partial charge in [0.2, 0.25) is 0 Å². The summed E-state index contributed by atoms with van der Waals surface area (Å²) in [5.41, 5.74) is 2.80. The maximum absolute atomic E-state index is 12.8. The molecule has 2 aliphatic rings. The van der Waals surface area contributed by atoms with Gasteiger partial charge in [-0.05, 0) is 37.6 Å². The summed E-state index contributed by atoms with van der Waals surface area (Å²) in [6, 6.07) is 7.30. The van der Waals surface area contributed by atoms with Crippen LogP contribution in [0.2, 0.25) is 0 Å². The molecule has 4 rings (SSSR count). The highest BCUT2D eigenvalue weighted by Crippen LogP contribution is 2.24. The van der Waals surface area contributed by atoms with Gasteiger partial charge < -0.3 is 15.0 Å². The fourth-order valence-corrected chi connectivity index (χ4v) is 3.71. The molecule has 3 heterocycles. The van der Waals surface area contributed by atoms with Gasteiger partial charge in [0.1, 0.15) is 11.6 Å². The van der Waals surface area contributed by atoms with Crippen LogP contribution in [-0.2, 0) is 13.0 Å². The molecule has 6 heteroatoms. The molecular weight excluding hydrogens is 328 g/mol. The van der Waals surface area contributed by atoms with Gasteiger partial charge in [0.25, 0.3) is 5.91 Å².